The number of nitrogens with two attached hydrogens (primary N) is 1. The quantitative estimate of drug-likeness (QED) is 0.633. The summed E-state index contributed by atoms with van der Waals surface area (Å²) >= 11 is 0. The van der Waals surface area contributed by atoms with Gasteiger partial charge in [-0.15, -0.1) is 0 Å². The number of carboxylic acid groups (broad SMARTS) is 1. The van der Waals surface area contributed by atoms with E-state index in [-0.39, 0.29) is 5.56 Å². The first-order chi connectivity index (χ1) is 11.7. The van der Waals surface area contributed by atoms with E-state index in [2.05, 4.69) is 11.9 Å². The lowest BCUT2D eigenvalue weighted by Crippen LogP contribution is -1.97. The summed E-state index contributed by atoms with van der Waals surface area (Å²) in [4.78, 5) is 14.6. The summed E-state index contributed by atoms with van der Waals surface area (Å²) in [5.41, 5.74) is 6.42. The molecule has 0 fully saturated rings. The first kappa shape index (κ1) is 20.1. The Kier molecular flexibility index (Phi) is 10.5. The zero-order chi connectivity index (χ0) is 17.6. The highest BCUT2D eigenvalue weighted by molar-refractivity contribution is 5.92. The average molecular weight is 330 g/mol. The van der Waals surface area contributed by atoms with Crippen LogP contribution in [0.3, 0.4) is 0 Å². The molecule has 0 radical (unpaired) electrons. The van der Waals surface area contributed by atoms with Gasteiger partial charge in [-0.05, 0) is 25.1 Å². The molecule has 4 heteroatoms. The van der Waals surface area contributed by atoms with E-state index in [9.17, 15) is 4.79 Å². The maximum absolute atomic E-state index is 10.6. The maximum atomic E-state index is 10.6. The summed E-state index contributed by atoms with van der Waals surface area (Å²) in [7, 11) is 0. The van der Waals surface area contributed by atoms with Crippen LogP contribution in [0.15, 0.2) is 36.5 Å². The van der Waals surface area contributed by atoms with Gasteiger partial charge in [-0.2, -0.15) is 0 Å². The third-order valence-electron chi connectivity index (χ3n) is 3.90. The van der Waals surface area contributed by atoms with Gasteiger partial charge in [-0.25, -0.2) is 4.79 Å². The number of fused-ring (bicyclic) bond motifs is 1. The van der Waals surface area contributed by atoms with Crippen molar-refractivity contribution in [1.82, 2.24) is 4.98 Å². The van der Waals surface area contributed by atoms with Gasteiger partial charge in [0.1, 0.15) is 0 Å². The summed E-state index contributed by atoms with van der Waals surface area (Å²) in [5.74, 6) is -0.946. The normalized spacial score (nSPS) is 10.2. The van der Waals surface area contributed by atoms with Crippen molar-refractivity contribution < 1.29 is 9.90 Å². The van der Waals surface area contributed by atoms with Gasteiger partial charge in [0.15, 0.2) is 0 Å². The van der Waals surface area contributed by atoms with Crippen LogP contribution >= 0.6 is 0 Å². The number of unbranched alkanes of at least 4 members (excludes halogenated alkanes) is 7. The molecule has 0 unspecified atom stereocenters. The summed E-state index contributed by atoms with van der Waals surface area (Å²) < 4.78 is 0. The van der Waals surface area contributed by atoms with Crippen molar-refractivity contribution in [2.45, 2.75) is 58.3 Å². The molecule has 1 aromatic heterocycles. The highest BCUT2D eigenvalue weighted by Gasteiger charge is 2.03. The largest absolute Gasteiger partial charge is 0.478 e. The number of hydrogen-bond donors (Lipinski definition) is 2. The van der Waals surface area contributed by atoms with Crippen molar-refractivity contribution in [2.24, 2.45) is 5.73 Å². The number of rotatable bonds is 9. The molecule has 3 N–H and O–H groups in total. The minimum Gasteiger partial charge on any atom is -0.478 e. The molecule has 0 aliphatic heterocycles. The van der Waals surface area contributed by atoms with E-state index in [4.69, 9.17) is 10.8 Å². The molecule has 0 amide bonds. The van der Waals surface area contributed by atoms with Gasteiger partial charge in [0, 0.05) is 11.6 Å². The van der Waals surface area contributed by atoms with Crippen molar-refractivity contribution in [1.29, 1.82) is 0 Å². The van der Waals surface area contributed by atoms with Gasteiger partial charge in [-0.1, -0.05) is 70.1 Å². The molecule has 0 aliphatic carbocycles. The SMILES string of the molecule is CCCCCCCCCCN.O=C(O)c1cnc2ccccc2c1. The van der Waals surface area contributed by atoms with E-state index < -0.39 is 5.97 Å². The van der Waals surface area contributed by atoms with Crippen molar-refractivity contribution in [2.75, 3.05) is 6.54 Å². The third kappa shape index (κ3) is 8.06. The zero-order valence-electron chi connectivity index (χ0n) is 14.7. The van der Waals surface area contributed by atoms with Crippen molar-refractivity contribution in [3.63, 3.8) is 0 Å². The number of benzene rings is 1. The Bertz CT molecular complexity index is 591. The zero-order valence-corrected chi connectivity index (χ0v) is 14.7. The first-order valence-electron chi connectivity index (χ1n) is 8.97. The molecule has 132 valence electrons. The van der Waals surface area contributed by atoms with Gasteiger partial charge >= 0.3 is 5.97 Å². The summed E-state index contributed by atoms with van der Waals surface area (Å²) in [5, 5.41) is 9.55. The predicted octanol–water partition coefficient (Wildman–Crippen LogP) is 5.02. The van der Waals surface area contributed by atoms with Crippen LogP contribution in [0.2, 0.25) is 0 Å². The van der Waals surface area contributed by atoms with E-state index >= 15 is 0 Å². The molecule has 24 heavy (non-hydrogen) atoms. The average Bonchev–Trinajstić information content (AvgIpc) is 2.61. The monoisotopic (exact) mass is 330 g/mol. The molecule has 0 atom stereocenters. The van der Waals surface area contributed by atoms with Crippen LogP contribution in [0, 0.1) is 0 Å². The molecular formula is C20H30N2O2. The molecule has 0 aliphatic rings. The van der Waals surface area contributed by atoms with Crippen LogP contribution in [0.4, 0.5) is 0 Å². The van der Waals surface area contributed by atoms with Gasteiger partial charge in [-0.3, -0.25) is 4.98 Å². The van der Waals surface area contributed by atoms with Crippen molar-refractivity contribution >= 4 is 16.9 Å². The van der Waals surface area contributed by atoms with E-state index in [1.54, 1.807) is 6.07 Å². The van der Waals surface area contributed by atoms with E-state index in [1.165, 1.54) is 57.6 Å². The van der Waals surface area contributed by atoms with Crippen LogP contribution in [-0.4, -0.2) is 22.6 Å². The van der Waals surface area contributed by atoms with Crippen molar-refractivity contribution in [3.8, 4) is 0 Å². The number of pyridine rings is 1. The van der Waals surface area contributed by atoms with Gasteiger partial charge in [0.2, 0.25) is 0 Å². The van der Waals surface area contributed by atoms with Gasteiger partial charge in [0.25, 0.3) is 0 Å². The molecule has 1 aromatic carbocycles. The van der Waals surface area contributed by atoms with Gasteiger partial charge < -0.3 is 10.8 Å². The lowest BCUT2D eigenvalue weighted by atomic mass is 10.1. The lowest BCUT2D eigenvalue weighted by molar-refractivity contribution is 0.0696. The fraction of sp³-hybridized carbons (Fsp3) is 0.500. The third-order valence-corrected chi connectivity index (χ3v) is 3.90. The Morgan fingerprint density at radius 2 is 1.67 bits per heavy atom. The lowest BCUT2D eigenvalue weighted by Gasteiger charge is -1.99. The second-order valence-corrected chi connectivity index (χ2v) is 5.99. The Morgan fingerprint density at radius 1 is 1.04 bits per heavy atom. The number of carbonyl (C=O) groups is 1. The van der Waals surface area contributed by atoms with Crippen molar-refractivity contribution in [3.05, 3.63) is 42.1 Å². The number of aromatic nitrogens is 1. The number of nitrogens with zero attached hydrogens (tertiary/aromatic N) is 1. The Hall–Kier alpha value is -1.94. The summed E-state index contributed by atoms with van der Waals surface area (Å²) in [6.45, 7) is 3.13. The number of para-hydroxylation sites is 1. The Labute approximate surface area is 145 Å². The minimum absolute atomic E-state index is 0.221. The molecule has 2 aromatic rings. The van der Waals surface area contributed by atoms with E-state index in [0.29, 0.717) is 0 Å². The number of aromatic carboxylic acids is 1. The number of carboxylic acids is 1. The van der Waals surface area contributed by atoms with E-state index in [0.717, 1.165) is 17.4 Å². The Balaban J connectivity index is 0.000000245. The predicted molar refractivity (Wildman–Crippen MR) is 100 cm³/mol. The summed E-state index contributed by atoms with van der Waals surface area (Å²) in [6, 6.07) is 9.03. The Morgan fingerprint density at radius 3 is 2.29 bits per heavy atom. The molecule has 0 bridgehead atoms. The molecule has 0 saturated heterocycles. The molecule has 2 rings (SSSR count). The standard InChI is InChI=1S/C10H7NO2.C10H23N/c12-10(13)8-5-7-3-1-2-4-9(7)11-6-8;1-2-3-4-5-6-7-8-9-10-11/h1-6H,(H,12,13);2-11H2,1H3. The molecule has 4 nitrogen and oxygen atoms in total. The molecule has 0 saturated carbocycles. The van der Waals surface area contributed by atoms with Crippen LogP contribution in [0.1, 0.15) is 68.6 Å². The van der Waals surface area contributed by atoms with Crippen LogP contribution in [0.25, 0.3) is 10.9 Å². The van der Waals surface area contributed by atoms with Crippen LogP contribution in [-0.2, 0) is 0 Å². The second-order valence-electron chi connectivity index (χ2n) is 5.99. The van der Waals surface area contributed by atoms with Crippen LogP contribution < -0.4 is 5.73 Å². The minimum atomic E-state index is -0.946. The molecular weight excluding hydrogens is 300 g/mol. The highest BCUT2D eigenvalue weighted by Crippen LogP contribution is 2.12. The fourth-order valence-electron chi connectivity index (χ4n) is 2.47. The molecule has 0 spiro atoms. The van der Waals surface area contributed by atoms with Crippen LogP contribution in [0.5, 0.6) is 0 Å². The van der Waals surface area contributed by atoms with Gasteiger partial charge in [0.05, 0.1) is 11.1 Å². The first-order valence-corrected chi connectivity index (χ1v) is 8.97. The second kappa shape index (κ2) is 12.5. The fourth-order valence-corrected chi connectivity index (χ4v) is 2.47. The number of hydrogen-bond acceptors (Lipinski definition) is 3. The molecule has 1 heterocycles. The smallest absolute Gasteiger partial charge is 0.337 e. The maximum Gasteiger partial charge on any atom is 0.337 e. The topological polar surface area (TPSA) is 76.2 Å². The summed E-state index contributed by atoms with van der Waals surface area (Å²) in [6.07, 6.45) is 12.3. The van der Waals surface area contributed by atoms with E-state index in [1.807, 2.05) is 24.3 Å². The highest BCUT2D eigenvalue weighted by atomic mass is 16.4.